The van der Waals surface area contributed by atoms with Crippen LogP contribution < -0.4 is 5.32 Å². The summed E-state index contributed by atoms with van der Waals surface area (Å²) < 4.78 is 4.99. The van der Waals surface area contributed by atoms with E-state index in [9.17, 15) is 14.4 Å². The van der Waals surface area contributed by atoms with E-state index in [0.717, 1.165) is 12.8 Å². The Morgan fingerprint density at radius 2 is 1.74 bits per heavy atom. The highest BCUT2D eigenvalue weighted by Crippen LogP contribution is 2.13. The van der Waals surface area contributed by atoms with Gasteiger partial charge in [-0.3, -0.25) is 9.59 Å². The SMILES string of the molecule is CCCc1ccc(C(=O)CCC(=O)NC2CCN(C(=O)OCC)CC2)cc1. The maximum Gasteiger partial charge on any atom is 0.409 e. The summed E-state index contributed by atoms with van der Waals surface area (Å²) in [7, 11) is 0. The number of amides is 2. The number of hydrogen-bond acceptors (Lipinski definition) is 4. The highest BCUT2D eigenvalue weighted by atomic mass is 16.6. The van der Waals surface area contributed by atoms with Crippen LogP contribution in [0.1, 0.15) is 61.9 Å². The summed E-state index contributed by atoms with van der Waals surface area (Å²) in [5.74, 6) is -0.120. The van der Waals surface area contributed by atoms with E-state index >= 15 is 0 Å². The number of nitrogens with zero attached hydrogens (tertiary/aromatic N) is 1. The van der Waals surface area contributed by atoms with Gasteiger partial charge in [-0.25, -0.2) is 4.79 Å². The van der Waals surface area contributed by atoms with Crippen LogP contribution in [0.3, 0.4) is 0 Å². The monoisotopic (exact) mass is 374 g/mol. The lowest BCUT2D eigenvalue weighted by molar-refractivity contribution is -0.122. The van der Waals surface area contributed by atoms with Crippen molar-refractivity contribution >= 4 is 17.8 Å². The molecule has 27 heavy (non-hydrogen) atoms. The van der Waals surface area contributed by atoms with Crippen molar-refractivity contribution < 1.29 is 19.1 Å². The maximum absolute atomic E-state index is 12.3. The van der Waals surface area contributed by atoms with Gasteiger partial charge in [-0.15, -0.1) is 0 Å². The van der Waals surface area contributed by atoms with E-state index in [2.05, 4.69) is 12.2 Å². The Balaban J connectivity index is 1.70. The van der Waals surface area contributed by atoms with Crippen molar-refractivity contribution in [1.29, 1.82) is 0 Å². The van der Waals surface area contributed by atoms with Gasteiger partial charge in [0.1, 0.15) is 0 Å². The fraction of sp³-hybridized carbons (Fsp3) is 0.571. The van der Waals surface area contributed by atoms with Crippen LogP contribution in [0.4, 0.5) is 4.79 Å². The minimum Gasteiger partial charge on any atom is -0.450 e. The van der Waals surface area contributed by atoms with Gasteiger partial charge in [0.2, 0.25) is 5.91 Å². The Morgan fingerprint density at radius 1 is 1.07 bits per heavy atom. The molecule has 0 aromatic heterocycles. The van der Waals surface area contributed by atoms with Gasteiger partial charge in [0.25, 0.3) is 0 Å². The first-order valence-electron chi connectivity index (χ1n) is 9.86. The number of hydrogen-bond donors (Lipinski definition) is 1. The van der Waals surface area contributed by atoms with Crippen molar-refractivity contribution in [3.8, 4) is 0 Å². The smallest absolute Gasteiger partial charge is 0.409 e. The van der Waals surface area contributed by atoms with Crippen molar-refractivity contribution in [1.82, 2.24) is 10.2 Å². The molecule has 2 rings (SSSR count). The molecule has 6 nitrogen and oxygen atoms in total. The van der Waals surface area contributed by atoms with E-state index in [1.165, 1.54) is 5.56 Å². The summed E-state index contributed by atoms with van der Waals surface area (Å²) in [6.07, 6.45) is 3.60. The number of ketones is 1. The molecule has 0 bridgehead atoms. The number of piperidine rings is 1. The molecule has 1 aromatic rings. The minimum atomic E-state index is -0.294. The zero-order valence-electron chi connectivity index (χ0n) is 16.3. The fourth-order valence-electron chi connectivity index (χ4n) is 3.24. The molecule has 148 valence electrons. The average molecular weight is 374 g/mol. The molecule has 1 heterocycles. The summed E-state index contributed by atoms with van der Waals surface area (Å²) in [5, 5.41) is 2.97. The van der Waals surface area contributed by atoms with Gasteiger partial charge >= 0.3 is 6.09 Å². The van der Waals surface area contributed by atoms with Gasteiger partial charge in [-0.2, -0.15) is 0 Å². The predicted octanol–water partition coefficient (Wildman–Crippen LogP) is 3.34. The Hall–Kier alpha value is -2.37. The topological polar surface area (TPSA) is 75.7 Å². The summed E-state index contributed by atoms with van der Waals surface area (Å²) >= 11 is 0. The molecule has 2 amide bonds. The molecule has 0 saturated carbocycles. The van der Waals surface area contributed by atoms with Crippen LogP contribution in [0.5, 0.6) is 0 Å². The Bertz CT molecular complexity index is 634. The molecule has 0 spiro atoms. The van der Waals surface area contributed by atoms with Crippen molar-refractivity contribution in [2.45, 2.75) is 58.4 Å². The second kappa shape index (κ2) is 10.7. The molecule has 1 fully saturated rings. The second-order valence-electron chi connectivity index (χ2n) is 6.90. The Labute approximate surface area is 161 Å². The number of rotatable bonds is 8. The molecule has 1 saturated heterocycles. The van der Waals surface area contributed by atoms with Crippen LogP contribution in [0.15, 0.2) is 24.3 Å². The van der Waals surface area contributed by atoms with Crippen molar-refractivity contribution in [2.75, 3.05) is 19.7 Å². The lowest BCUT2D eigenvalue weighted by Crippen LogP contribution is -2.46. The van der Waals surface area contributed by atoms with E-state index in [4.69, 9.17) is 4.74 Å². The van der Waals surface area contributed by atoms with Crippen LogP contribution in [-0.2, 0) is 16.0 Å². The normalized spacial score (nSPS) is 14.7. The third kappa shape index (κ3) is 6.70. The predicted molar refractivity (Wildman–Crippen MR) is 104 cm³/mol. The van der Waals surface area contributed by atoms with Gasteiger partial charge in [0.15, 0.2) is 5.78 Å². The van der Waals surface area contributed by atoms with Gasteiger partial charge in [0, 0.05) is 37.5 Å². The fourth-order valence-corrected chi connectivity index (χ4v) is 3.24. The highest BCUT2D eigenvalue weighted by molar-refractivity contribution is 5.98. The van der Waals surface area contributed by atoms with Crippen LogP contribution in [0.25, 0.3) is 0 Å². The molecule has 0 aliphatic carbocycles. The van der Waals surface area contributed by atoms with E-state index in [0.29, 0.717) is 38.1 Å². The standard InChI is InChI=1S/C21H30N2O4/c1-3-5-16-6-8-17(9-7-16)19(24)10-11-20(25)22-18-12-14-23(15-13-18)21(26)27-4-2/h6-9,18H,3-5,10-15H2,1-2H3,(H,22,25). The zero-order chi connectivity index (χ0) is 19.6. The molecule has 1 aliphatic heterocycles. The number of aryl methyl sites for hydroxylation is 1. The minimum absolute atomic E-state index is 0.00895. The van der Waals surface area contributed by atoms with Crippen LogP contribution in [-0.4, -0.2) is 48.4 Å². The van der Waals surface area contributed by atoms with E-state index in [1.54, 1.807) is 11.8 Å². The van der Waals surface area contributed by atoms with Crippen molar-refractivity contribution in [3.05, 3.63) is 35.4 Å². The summed E-state index contributed by atoms with van der Waals surface area (Å²) in [6.45, 7) is 5.43. The second-order valence-corrected chi connectivity index (χ2v) is 6.90. The van der Waals surface area contributed by atoms with Gasteiger partial charge in [0.05, 0.1) is 6.61 Å². The van der Waals surface area contributed by atoms with Gasteiger partial charge < -0.3 is 15.0 Å². The Kier molecular flexibility index (Phi) is 8.30. The molecule has 0 atom stereocenters. The van der Waals surface area contributed by atoms with Crippen LogP contribution >= 0.6 is 0 Å². The first-order valence-corrected chi connectivity index (χ1v) is 9.86. The molecule has 0 unspecified atom stereocenters. The largest absolute Gasteiger partial charge is 0.450 e. The summed E-state index contributed by atoms with van der Waals surface area (Å²) in [4.78, 5) is 37.7. The number of nitrogens with one attached hydrogen (secondary N) is 1. The van der Waals surface area contributed by atoms with E-state index in [-0.39, 0.29) is 36.7 Å². The van der Waals surface area contributed by atoms with Gasteiger partial charge in [-0.1, -0.05) is 37.6 Å². The number of benzene rings is 1. The third-order valence-corrected chi connectivity index (χ3v) is 4.78. The van der Waals surface area contributed by atoms with Gasteiger partial charge in [-0.05, 0) is 31.7 Å². The lowest BCUT2D eigenvalue weighted by Gasteiger charge is -2.31. The number of carbonyl (C=O) groups excluding carboxylic acids is 3. The third-order valence-electron chi connectivity index (χ3n) is 4.78. The zero-order valence-corrected chi connectivity index (χ0v) is 16.3. The molecule has 1 aromatic carbocycles. The maximum atomic E-state index is 12.3. The molecular weight excluding hydrogens is 344 g/mol. The lowest BCUT2D eigenvalue weighted by atomic mass is 10.0. The van der Waals surface area contributed by atoms with Crippen molar-refractivity contribution in [3.63, 3.8) is 0 Å². The number of Topliss-reactive ketones (excluding diaryl/α,β-unsaturated/α-hetero) is 1. The summed E-state index contributed by atoms with van der Waals surface area (Å²) in [5.41, 5.74) is 1.88. The van der Waals surface area contributed by atoms with Crippen molar-refractivity contribution in [2.24, 2.45) is 0 Å². The first kappa shape index (κ1) is 20.9. The molecular formula is C21H30N2O4. The summed E-state index contributed by atoms with van der Waals surface area (Å²) in [6, 6.07) is 7.70. The van der Waals surface area contributed by atoms with E-state index in [1.807, 2.05) is 24.3 Å². The first-order chi connectivity index (χ1) is 13.0. The number of ether oxygens (including phenoxy) is 1. The Morgan fingerprint density at radius 3 is 2.33 bits per heavy atom. The molecule has 1 aliphatic rings. The molecule has 6 heteroatoms. The van der Waals surface area contributed by atoms with Crippen LogP contribution in [0, 0.1) is 0 Å². The highest BCUT2D eigenvalue weighted by Gasteiger charge is 2.24. The van der Waals surface area contributed by atoms with E-state index < -0.39 is 0 Å². The molecule has 0 radical (unpaired) electrons. The number of likely N-dealkylation sites (tertiary alicyclic amines) is 1. The number of carbonyl (C=O) groups is 3. The van der Waals surface area contributed by atoms with Crippen LogP contribution in [0.2, 0.25) is 0 Å². The average Bonchev–Trinajstić information content (AvgIpc) is 2.68. The quantitative estimate of drug-likeness (QED) is 0.708. The molecule has 1 N–H and O–H groups in total.